The van der Waals surface area contributed by atoms with E-state index in [-0.39, 0.29) is 22.6 Å². The molecule has 0 radical (unpaired) electrons. The third-order valence-corrected chi connectivity index (χ3v) is 6.68. The molecule has 2 N–H and O–H groups in total. The summed E-state index contributed by atoms with van der Waals surface area (Å²) in [4.78, 5) is 25.1. The molecule has 7 nitrogen and oxygen atoms in total. The topological polar surface area (TPSA) is 88.9 Å². The van der Waals surface area contributed by atoms with Gasteiger partial charge >= 0.3 is 0 Å². The first kappa shape index (κ1) is 26.1. The Balaban J connectivity index is 1.61. The predicted molar refractivity (Wildman–Crippen MR) is 138 cm³/mol. The predicted octanol–water partition coefficient (Wildman–Crippen LogP) is 5.95. The molecule has 0 aliphatic heterocycles. The maximum Gasteiger partial charge on any atom is 0.253 e. The lowest BCUT2D eigenvalue weighted by Gasteiger charge is -2.15. The maximum atomic E-state index is 12.7. The van der Waals surface area contributed by atoms with E-state index in [1.807, 2.05) is 42.7 Å². The molecule has 2 amide bonds. The van der Waals surface area contributed by atoms with E-state index >= 15 is 0 Å². The zero-order valence-corrected chi connectivity index (χ0v) is 21.8. The number of aromatic nitrogens is 3. The van der Waals surface area contributed by atoms with E-state index in [1.165, 1.54) is 23.4 Å². The van der Waals surface area contributed by atoms with Crippen LogP contribution in [0.5, 0.6) is 0 Å². The number of carbonyl (C=O) groups excluding carboxylic acids is 2. The average molecular weight is 520 g/mol. The van der Waals surface area contributed by atoms with Gasteiger partial charge in [0.2, 0.25) is 5.91 Å². The van der Waals surface area contributed by atoms with Gasteiger partial charge in [0.15, 0.2) is 11.0 Å². The number of nitrogens with zero attached hydrogens (tertiary/aromatic N) is 3. The van der Waals surface area contributed by atoms with Gasteiger partial charge in [-0.3, -0.25) is 9.59 Å². The number of hydrogen-bond donors (Lipinski definition) is 2. The third kappa shape index (κ3) is 6.52. The van der Waals surface area contributed by atoms with Crippen molar-refractivity contribution in [2.75, 3.05) is 11.1 Å². The van der Waals surface area contributed by atoms with Gasteiger partial charge in [-0.15, -0.1) is 10.2 Å². The number of halogens is 2. The SMILES string of the molecule is CCn1c(SCC(=O)Nc2ccc(C(C)C)cc2)nnc1[C@@H](C)NC(=O)c1ccc(Cl)cc1Cl. The molecule has 1 aromatic heterocycles. The zero-order valence-electron chi connectivity index (χ0n) is 19.4. The number of rotatable bonds is 9. The summed E-state index contributed by atoms with van der Waals surface area (Å²) >= 11 is 13.4. The van der Waals surface area contributed by atoms with Gasteiger partial charge in [-0.2, -0.15) is 0 Å². The second-order valence-electron chi connectivity index (χ2n) is 8.02. The molecule has 0 aliphatic rings. The first-order chi connectivity index (χ1) is 16.2. The van der Waals surface area contributed by atoms with Crippen LogP contribution >= 0.6 is 35.0 Å². The van der Waals surface area contributed by atoms with Gasteiger partial charge in [0.05, 0.1) is 22.4 Å². The van der Waals surface area contributed by atoms with Crippen LogP contribution in [-0.2, 0) is 11.3 Å². The maximum absolute atomic E-state index is 12.7. The summed E-state index contributed by atoms with van der Waals surface area (Å²) in [7, 11) is 0. The van der Waals surface area contributed by atoms with Crippen LogP contribution in [0.15, 0.2) is 47.6 Å². The van der Waals surface area contributed by atoms with E-state index in [0.29, 0.717) is 34.0 Å². The zero-order chi connectivity index (χ0) is 24.8. The van der Waals surface area contributed by atoms with Crippen LogP contribution in [0.1, 0.15) is 61.4 Å². The molecule has 3 aromatic rings. The highest BCUT2D eigenvalue weighted by atomic mass is 35.5. The van der Waals surface area contributed by atoms with Gasteiger partial charge in [0, 0.05) is 17.3 Å². The summed E-state index contributed by atoms with van der Waals surface area (Å²) in [5.41, 5.74) is 2.30. The molecule has 3 rings (SSSR count). The van der Waals surface area contributed by atoms with Crippen LogP contribution in [0.2, 0.25) is 10.0 Å². The van der Waals surface area contributed by atoms with Crippen LogP contribution in [0.3, 0.4) is 0 Å². The van der Waals surface area contributed by atoms with E-state index in [2.05, 4.69) is 34.7 Å². The van der Waals surface area contributed by atoms with Crippen molar-refractivity contribution in [3.63, 3.8) is 0 Å². The van der Waals surface area contributed by atoms with Gasteiger partial charge in [-0.25, -0.2) is 0 Å². The minimum Gasteiger partial charge on any atom is -0.342 e. The summed E-state index contributed by atoms with van der Waals surface area (Å²) in [5.74, 6) is 0.744. The van der Waals surface area contributed by atoms with Crippen molar-refractivity contribution in [2.45, 2.75) is 51.4 Å². The van der Waals surface area contributed by atoms with Crippen molar-refractivity contribution in [3.05, 3.63) is 69.5 Å². The lowest BCUT2D eigenvalue weighted by atomic mass is 10.0. The Labute approximate surface area is 213 Å². The molecule has 10 heteroatoms. The van der Waals surface area contributed by atoms with E-state index in [4.69, 9.17) is 23.2 Å². The van der Waals surface area contributed by atoms with Crippen LogP contribution in [-0.4, -0.2) is 32.3 Å². The van der Waals surface area contributed by atoms with Gasteiger partial charge in [-0.05, 0) is 55.7 Å². The van der Waals surface area contributed by atoms with Gasteiger partial charge in [-0.1, -0.05) is 60.9 Å². The second kappa shape index (κ2) is 11.7. The number of hydrogen-bond acceptors (Lipinski definition) is 5. The number of anilines is 1. The molecule has 180 valence electrons. The Bertz CT molecular complexity index is 1160. The molecule has 0 spiro atoms. The van der Waals surface area contributed by atoms with Crippen molar-refractivity contribution in [1.82, 2.24) is 20.1 Å². The minimum absolute atomic E-state index is 0.131. The fourth-order valence-electron chi connectivity index (χ4n) is 3.32. The largest absolute Gasteiger partial charge is 0.342 e. The van der Waals surface area contributed by atoms with E-state index < -0.39 is 6.04 Å². The van der Waals surface area contributed by atoms with Crippen LogP contribution in [0.25, 0.3) is 0 Å². The molecular formula is C24H27Cl2N5O2S. The Morgan fingerprint density at radius 1 is 1.06 bits per heavy atom. The molecule has 0 saturated heterocycles. The van der Waals surface area contributed by atoms with Gasteiger partial charge in [0.25, 0.3) is 5.91 Å². The molecule has 0 aliphatic carbocycles. The molecule has 0 unspecified atom stereocenters. The van der Waals surface area contributed by atoms with Gasteiger partial charge < -0.3 is 15.2 Å². The standard InChI is InChI=1S/C24H27Cl2N5O2S/c1-5-31-22(15(4)27-23(33)19-11-8-17(25)12-20(19)26)29-30-24(31)34-13-21(32)28-18-9-6-16(7-10-18)14(2)3/h6-12,14-15H,5,13H2,1-4H3,(H,27,33)(H,28,32)/t15-/m1/s1. The normalized spacial score (nSPS) is 12.0. The van der Waals surface area contributed by atoms with Crippen molar-refractivity contribution in [3.8, 4) is 0 Å². The molecular weight excluding hydrogens is 493 g/mol. The summed E-state index contributed by atoms with van der Waals surface area (Å²) in [6, 6.07) is 12.1. The first-order valence-corrected chi connectivity index (χ1v) is 12.6. The van der Waals surface area contributed by atoms with Crippen LogP contribution < -0.4 is 10.6 Å². The quantitative estimate of drug-likeness (QED) is 0.341. The summed E-state index contributed by atoms with van der Waals surface area (Å²) in [6.07, 6.45) is 0. The van der Waals surface area contributed by atoms with E-state index in [9.17, 15) is 9.59 Å². The van der Waals surface area contributed by atoms with Crippen molar-refractivity contribution < 1.29 is 9.59 Å². The highest BCUT2D eigenvalue weighted by Crippen LogP contribution is 2.24. The van der Waals surface area contributed by atoms with E-state index in [1.54, 1.807) is 12.1 Å². The monoisotopic (exact) mass is 519 g/mol. The molecule has 0 fully saturated rings. The number of carbonyl (C=O) groups is 2. The van der Waals surface area contributed by atoms with Gasteiger partial charge in [0.1, 0.15) is 0 Å². The molecule has 1 atom stereocenters. The summed E-state index contributed by atoms with van der Waals surface area (Å²) < 4.78 is 1.88. The average Bonchev–Trinajstić information content (AvgIpc) is 3.21. The fourth-order valence-corrected chi connectivity index (χ4v) is 4.62. The number of nitrogens with one attached hydrogen (secondary N) is 2. The van der Waals surface area contributed by atoms with Crippen LogP contribution in [0.4, 0.5) is 5.69 Å². The van der Waals surface area contributed by atoms with Crippen molar-refractivity contribution in [1.29, 1.82) is 0 Å². The highest BCUT2D eigenvalue weighted by molar-refractivity contribution is 7.99. The Kier molecular flexibility index (Phi) is 8.99. The number of thioether (sulfide) groups is 1. The molecule has 0 saturated carbocycles. The molecule has 2 aromatic carbocycles. The lowest BCUT2D eigenvalue weighted by molar-refractivity contribution is -0.113. The van der Waals surface area contributed by atoms with E-state index in [0.717, 1.165) is 5.69 Å². The minimum atomic E-state index is -0.422. The fraction of sp³-hybridized carbons (Fsp3) is 0.333. The number of benzene rings is 2. The Morgan fingerprint density at radius 3 is 2.38 bits per heavy atom. The van der Waals surface area contributed by atoms with Crippen molar-refractivity contribution >= 4 is 52.5 Å². The Morgan fingerprint density at radius 2 is 1.76 bits per heavy atom. The number of amides is 2. The van der Waals surface area contributed by atoms with Crippen molar-refractivity contribution in [2.24, 2.45) is 0 Å². The van der Waals surface area contributed by atoms with Crippen LogP contribution in [0, 0.1) is 0 Å². The summed E-state index contributed by atoms with van der Waals surface area (Å²) in [6.45, 7) is 8.62. The summed E-state index contributed by atoms with van der Waals surface area (Å²) in [5, 5.41) is 15.6. The highest BCUT2D eigenvalue weighted by Gasteiger charge is 2.21. The smallest absolute Gasteiger partial charge is 0.253 e. The molecule has 0 bridgehead atoms. The second-order valence-corrected chi connectivity index (χ2v) is 9.80. The Hall–Kier alpha value is -2.55. The molecule has 1 heterocycles. The lowest BCUT2D eigenvalue weighted by Crippen LogP contribution is -2.29. The third-order valence-electron chi connectivity index (χ3n) is 5.17. The molecule has 34 heavy (non-hydrogen) atoms. The first-order valence-electron chi connectivity index (χ1n) is 10.9.